The van der Waals surface area contributed by atoms with Gasteiger partial charge in [0.2, 0.25) is 10.0 Å². The molecule has 0 aromatic heterocycles. The maximum atomic E-state index is 12.6. The highest BCUT2D eigenvalue weighted by molar-refractivity contribution is 7.89. The molecule has 0 radical (unpaired) electrons. The van der Waals surface area contributed by atoms with Gasteiger partial charge < -0.3 is 4.74 Å². The molecular formula is C19H20N2O4S. The molecule has 0 bridgehead atoms. The summed E-state index contributed by atoms with van der Waals surface area (Å²) in [5, 5.41) is 0. The summed E-state index contributed by atoms with van der Waals surface area (Å²) in [6.07, 6.45) is 1.54. The minimum Gasteiger partial charge on any atom is -0.447 e. The van der Waals surface area contributed by atoms with Crippen molar-refractivity contribution in [2.75, 3.05) is 24.6 Å². The van der Waals surface area contributed by atoms with Gasteiger partial charge in [0.25, 0.3) is 0 Å². The van der Waals surface area contributed by atoms with E-state index in [1.807, 2.05) is 12.1 Å². The molecule has 0 saturated carbocycles. The molecule has 1 fully saturated rings. The van der Waals surface area contributed by atoms with Crippen LogP contribution in [0.3, 0.4) is 0 Å². The molecule has 1 N–H and O–H groups in total. The fraction of sp³-hybridized carbons (Fsp3) is 0.316. The second-order valence-electron chi connectivity index (χ2n) is 6.55. The molecule has 26 heavy (non-hydrogen) atoms. The molecule has 1 amide bonds. The van der Waals surface area contributed by atoms with Crippen LogP contribution in [-0.4, -0.2) is 34.2 Å². The van der Waals surface area contributed by atoms with Crippen molar-refractivity contribution in [3.8, 4) is 0 Å². The predicted octanol–water partition coefficient (Wildman–Crippen LogP) is 2.65. The van der Waals surface area contributed by atoms with Gasteiger partial charge in [-0.15, -0.1) is 0 Å². The van der Waals surface area contributed by atoms with Gasteiger partial charge >= 0.3 is 6.09 Å². The number of fused-ring (bicyclic) bond motifs is 1. The zero-order valence-electron chi connectivity index (χ0n) is 14.2. The van der Waals surface area contributed by atoms with E-state index in [9.17, 15) is 13.2 Å². The van der Waals surface area contributed by atoms with Gasteiger partial charge in [0.05, 0.1) is 11.4 Å². The molecule has 2 aromatic carbocycles. The van der Waals surface area contributed by atoms with Crippen molar-refractivity contribution in [3.63, 3.8) is 0 Å². The number of carbonyl (C=O) groups is 1. The van der Waals surface area contributed by atoms with Gasteiger partial charge in [-0.1, -0.05) is 24.3 Å². The SMILES string of the molecule is O=C1OCCN1c1ccc(S(=O)(=O)NCC2CCc3ccccc32)cc1. The molecule has 2 aliphatic rings. The van der Waals surface area contributed by atoms with Crippen LogP contribution >= 0.6 is 0 Å². The van der Waals surface area contributed by atoms with Crippen LogP contribution in [0.1, 0.15) is 23.5 Å². The van der Waals surface area contributed by atoms with Gasteiger partial charge in [-0.05, 0) is 54.2 Å². The molecule has 7 heteroatoms. The average Bonchev–Trinajstić information content (AvgIpc) is 3.26. The molecular weight excluding hydrogens is 352 g/mol. The summed E-state index contributed by atoms with van der Waals surface area (Å²) in [5.41, 5.74) is 3.17. The van der Waals surface area contributed by atoms with Gasteiger partial charge in [0, 0.05) is 12.2 Å². The fourth-order valence-electron chi connectivity index (χ4n) is 3.58. The number of ether oxygens (including phenoxy) is 1. The average molecular weight is 372 g/mol. The van der Waals surface area contributed by atoms with Crippen molar-refractivity contribution in [1.82, 2.24) is 4.72 Å². The van der Waals surface area contributed by atoms with Crippen LogP contribution in [-0.2, 0) is 21.2 Å². The smallest absolute Gasteiger partial charge is 0.414 e. The third kappa shape index (κ3) is 3.20. The first-order valence-corrected chi connectivity index (χ1v) is 10.1. The van der Waals surface area contributed by atoms with Crippen molar-refractivity contribution in [2.24, 2.45) is 0 Å². The number of nitrogens with zero attached hydrogens (tertiary/aromatic N) is 1. The van der Waals surface area contributed by atoms with Gasteiger partial charge in [-0.25, -0.2) is 17.9 Å². The van der Waals surface area contributed by atoms with E-state index < -0.39 is 16.1 Å². The predicted molar refractivity (Wildman–Crippen MR) is 97.8 cm³/mol. The number of aryl methyl sites for hydroxylation is 1. The fourth-order valence-corrected chi connectivity index (χ4v) is 4.67. The number of rotatable bonds is 5. The monoisotopic (exact) mass is 372 g/mol. The summed E-state index contributed by atoms with van der Waals surface area (Å²) in [6.45, 7) is 1.22. The Morgan fingerprint density at radius 2 is 1.88 bits per heavy atom. The summed E-state index contributed by atoms with van der Waals surface area (Å²) in [7, 11) is -3.59. The molecule has 1 saturated heterocycles. The van der Waals surface area contributed by atoms with Gasteiger partial charge in [-0.2, -0.15) is 0 Å². The zero-order valence-corrected chi connectivity index (χ0v) is 15.0. The van der Waals surface area contributed by atoms with Gasteiger partial charge in [-0.3, -0.25) is 4.90 Å². The Morgan fingerprint density at radius 3 is 2.62 bits per heavy atom. The van der Waals surface area contributed by atoms with Crippen molar-refractivity contribution in [3.05, 3.63) is 59.7 Å². The first kappa shape index (κ1) is 17.1. The summed E-state index contributed by atoms with van der Waals surface area (Å²) in [6, 6.07) is 14.5. The first-order valence-electron chi connectivity index (χ1n) is 8.66. The van der Waals surface area contributed by atoms with Crippen molar-refractivity contribution >= 4 is 21.8 Å². The van der Waals surface area contributed by atoms with Gasteiger partial charge in [0.15, 0.2) is 0 Å². The highest BCUT2D eigenvalue weighted by atomic mass is 32.2. The van der Waals surface area contributed by atoms with E-state index in [-0.39, 0.29) is 10.8 Å². The maximum Gasteiger partial charge on any atom is 0.414 e. The van der Waals surface area contributed by atoms with E-state index in [1.165, 1.54) is 28.2 Å². The molecule has 2 aromatic rings. The normalized spacial score (nSPS) is 19.5. The molecule has 1 unspecified atom stereocenters. The number of hydrogen-bond donors (Lipinski definition) is 1. The van der Waals surface area contributed by atoms with E-state index in [0.717, 1.165) is 12.8 Å². The van der Waals surface area contributed by atoms with Crippen LogP contribution < -0.4 is 9.62 Å². The molecule has 4 rings (SSSR count). The minimum atomic E-state index is -3.59. The second kappa shape index (κ2) is 6.74. The lowest BCUT2D eigenvalue weighted by Gasteiger charge is -2.15. The van der Waals surface area contributed by atoms with Crippen LogP contribution in [0.2, 0.25) is 0 Å². The molecule has 1 heterocycles. The van der Waals surface area contributed by atoms with Crippen molar-refractivity contribution in [1.29, 1.82) is 0 Å². The molecule has 0 spiro atoms. The number of carbonyl (C=O) groups excluding carboxylic acids is 1. The van der Waals surface area contributed by atoms with Crippen molar-refractivity contribution < 1.29 is 17.9 Å². The topological polar surface area (TPSA) is 75.7 Å². The van der Waals surface area contributed by atoms with Crippen LogP contribution in [0, 0.1) is 0 Å². The van der Waals surface area contributed by atoms with E-state index in [4.69, 9.17) is 4.74 Å². The van der Waals surface area contributed by atoms with E-state index in [0.29, 0.717) is 25.4 Å². The Balaban J connectivity index is 1.45. The largest absolute Gasteiger partial charge is 0.447 e. The van der Waals surface area contributed by atoms with Crippen LogP contribution in [0.25, 0.3) is 0 Å². The molecule has 1 aliphatic carbocycles. The Labute approximate surface area is 152 Å². The zero-order chi connectivity index (χ0) is 18.1. The maximum absolute atomic E-state index is 12.6. The quantitative estimate of drug-likeness (QED) is 0.875. The Kier molecular flexibility index (Phi) is 4.42. The highest BCUT2D eigenvalue weighted by Gasteiger charge is 2.26. The highest BCUT2D eigenvalue weighted by Crippen LogP contribution is 2.32. The number of nitrogens with one attached hydrogen (secondary N) is 1. The number of anilines is 1. The van der Waals surface area contributed by atoms with Crippen LogP contribution in [0.15, 0.2) is 53.4 Å². The lowest BCUT2D eigenvalue weighted by Crippen LogP contribution is -2.28. The molecule has 1 atom stereocenters. The minimum absolute atomic E-state index is 0.195. The summed E-state index contributed by atoms with van der Waals surface area (Å²) >= 11 is 0. The van der Waals surface area contributed by atoms with Crippen molar-refractivity contribution in [2.45, 2.75) is 23.7 Å². The number of cyclic esters (lactones) is 1. The molecule has 1 aliphatic heterocycles. The number of hydrogen-bond acceptors (Lipinski definition) is 4. The number of sulfonamides is 1. The van der Waals surface area contributed by atoms with Gasteiger partial charge in [0.1, 0.15) is 6.61 Å². The first-order chi connectivity index (χ1) is 12.5. The molecule has 136 valence electrons. The molecule has 6 nitrogen and oxygen atoms in total. The third-order valence-corrected chi connectivity index (χ3v) is 6.44. The number of amides is 1. The third-order valence-electron chi connectivity index (χ3n) is 5.00. The van der Waals surface area contributed by atoms with E-state index in [1.54, 1.807) is 12.1 Å². The van der Waals surface area contributed by atoms with E-state index >= 15 is 0 Å². The Bertz CT molecular complexity index is 925. The van der Waals surface area contributed by atoms with Crippen LogP contribution in [0.5, 0.6) is 0 Å². The number of benzene rings is 2. The summed E-state index contributed by atoms with van der Waals surface area (Å²) in [5.74, 6) is 0.208. The summed E-state index contributed by atoms with van der Waals surface area (Å²) < 4.78 is 32.8. The second-order valence-corrected chi connectivity index (χ2v) is 8.31. The Morgan fingerprint density at radius 1 is 1.12 bits per heavy atom. The summed E-state index contributed by atoms with van der Waals surface area (Å²) in [4.78, 5) is 13.3. The Hall–Kier alpha value is -2.38. The lowest BCUT2D eigenvalue weighted by atomic mass is 10.0. The lowest BCUT2D eigenvalue weighted by molar-refractivity contribution is 0.181. The standard InChI is InChI=1S/C19H20N2O4S/c22-19-21(11-12-25-19)16-7-9-17(10-8-16)26(23,24)20-13-15-6-5-14-3-1-2-4-18(14)15/h1-4,7-10,15,20H,5-6,11-13H2. The van der Waals surface area contributed by atoms with E-state index in [2.05, 4.69) is 16.9 Å². The van der Waals surface area contributed by atoms with Crippen LogP contribution in [0.4, 0.5) is 10.5 Å².